The normalized spacial score (nSPS) is 17.8. The number of carbonyl (C=O) groups is 2. The largest absolute Gasteiger partial charge is 0.378 e. The molecule has 2 heterocycles. The van der Waals surface area contributed by atoms with Crippen molar-refractivity contribution in [2.45, 2.75) is 13.0 Å². The molecule has 1 aromatic heterocycles. The summed E-state index contributed by atoms with van der Waals surface area (Å²) in [5.41, 5.74) is 0.416. The monoisotopic (exact) mass is 237 g/mol. The van der Waals surface area contributed by atoms with Crippen LogP contribution < -0.4 is 0 Å². The van der Waals surface area contributed by atoms with Gasteiger partial charge >= 0.3 is 0 Å². The van der Waals surface area contributed by atoms with Gasteiger partial charge in [0.2, 0.25) is 5.91 Å². The summed E-state index contributed by atoms with van der Waals surface area (Å²) in [7, 11) is 0. The number of carbonyl (C=O) groups excluding carboxylic acids is 2. The van der Waals surface area contributed by atoms with Crippen LogP contribution in [0.5, 0.6) is 0 Å². The predicted molar refractivity (Wildman–Crippen MR) is 59.7 cm³/mol. The molecule has 6 heteroatoms. The number of morpholine rings is 1. The summed E-state index contributed by atoms with van der Waals surface area (Å²) >= 11 is 0. The van der Waals surface area contributed by atoms with Crippen LogP contribution in [-0.2, 0) is 9.53 Å². The minimum absolute atomic E-state index is 0.00519. The molecule has 1 atom stereocenters. The maximum absolute atomic E-state index is 12.2. The molecule has 0 radical (unpaired) electrons. The number of amides is 1. The van der Waals surface area contributed by atoms with Crippen LogP contribution in [0.25, 0.3) is 0 Å². The zero-order valence-electron chi connectivity index (χ0n) is 9.70. The Morgan fingerprint density at radius 1 is 1.53 bits per heavy atom. The summed E-state index contributed by atoms with van der Waals surface area (Å²) in [5.74, 6) is -0.00519. The summed E-state index contributed by atoms with van der Waals surface area (Å²) in [5, 5.41) is 0. The second kappa shape index (κ2) is 5.09. The molecule has 2 rings (SSSR count). The van der Waals surface area contributed by atoms with Crippen molar-refractivity contribution in [3.05, 3.63) is 18.2 Å². The number of aldehydes is 1. The molecule has 0 aliphatic carbocycles. The van der Waals surface area contributed by atoms with Gasteiger partial charge in [0.1, 0.15) is 11.7 Å². The van der Waals surface area contributed by atoms with Crippen LogP contribution in [0.2, 0.25) is 0 Å². The zero-order chi connectivity index (χ0) is 12.3. The number of ether oxygens (including phenoxy) is 1. The van der Waals surface area contributed by atoms with Crippen molar-refractivity contribution in [1.29, 1.82) is 0 Å². The van der Waals surface area contributed by atoms with E-state index in [0.29, 0.717) is 38.3 Å². The summed E-state index contributed by atoms with van der Waals surface area (Å²) in [4.78, 5) is 28.6. The summed E-state index contributed by atoms with van der Waals surface area (Å²) in [6.07, 6.45) is 3.67. The van der Waals surface area contributed by atoms with E-state index in [1.54, 1.807) is 16.4 Å². The SMILES string of the molecule is CC(C(=O)N1CCOCC1)n1cncc1C=O. The van der Waals surface area contributed by atoms with Crippen LogP contribution in [0.1, 0.15) is 23.5 Å². The van der Waals surface area contributed by atoms with Crippen molar-refractivity contribution >= 4 is 12.2 Å². The van der Waals surface area contributed by atoms with Crippen LogP contribution in [-0.4, -0.2) is 52.9 Å². The minimum atomic E-state index is -0.407. The quantitative estimate of drug-likeness (QED) is 0.700. The van der Waals surface area contributed by atoms with E-state index in [4.69, 9.17) is 4.74 Å². The van der Waals surface area contributed by atoms with Crippen LogP contribution in [0, 0.1) is 0 Å². The van der Waals surface area contributed by atoms with Gasteiger partial charge in [-0.15, -0.1) is 0 Å². The van der Waals surface area contributed by atoms with E-state index in [9.17, 15) is 9.59 Å². The number of aromatic nitrogens is 2. The van der Waals surface area contributed by atoms with E-state index >= 15 is 0 Å². The van der Waals surface area contributed by atoms with Gasteiger partial charge in [0.25, 0.3) is 0 Å². The molecule has 1 aliphatic rings. The lowest BCUT2D eigenvalue weighted by atomic mass is 10.2. The molecule has 0 spiro atoms. The number of imidazole rings is 1. The first kappa shape index (κ1) is 11.8. The summed E-state index contributed by atoms with van der Waals surface area (Å²) in [6.45, 7) is 4.13. The lowest BCUT2D eigenvalue weighted by Crippen LogP contribution is -2.43. The van der Waals surface area contributed by atoms with E-state index in [1.807, 2.05) is 0 Å². The van der Waals surface area contributed by atoms with E-state index in [2.05, 4.69) is 4.98 Å². The summed E-state index contributed by atoms with van der Waals surface area (Å²) < 4.78 is 6.78. The van der Waals surface area contributed by atoms with Gasteiger partial charge in [-0.2, -0.15) is 0 Å². The Kier molecular flexibility index (Phi) is 3.53. The number of hydrogen-bond acceptors (Lipinski definition) is 4. The predicted octanol–water partition coefficient (Wildman–Crippen LogP) is 0.115. The first-order valence-electron chi connectivity index (χ1n) is 5.57. The Hall–Kier alpha value is -1.69. The Labute approximate surface area is 99.2 Å². The third kappa shape index (κ3) is 2.36. The molecule has 1 amide bonds. The van der Waals surface area contributed by atoms with Crippen LogP contribution in [0.15, 0.2) is 12.5 Å². The van der Waals surface area contributed by atoms with Gasteiger partial charge in [-0.1, -0.05) is 0 Å². The average Bonchev–Trinajstić information content (AvgIpc) is 2.86. The smallest absolute Gasteiger partial charge is 0.245 e. The van der Waals surface area contributed by atoms with Gasteiger partial charge in [0, 0.05) is 13.1 Å². The third-order valence-corrected chi connectivity index (χ3v) is 2.91. The molecule has 1 aliphatic heterocycles. The third-order valence-electron chi connectivity index (χ3n) is 2.91. The second-order valence-corrected chi connectivity index (χ2v) is 3.96. The van der Waals surface area contributed by atoms with Crippen molar-refractivity contribution in [2.75, 3.05) is 26.3 Å². The highest BCUT2D eigenvalue weighted by Gasteiger charge is 2.24. The van der Waals surface area contributed by atoms with Crippen LogP contribution in [0.3, 0.4) is 0 Å². The van der Waals surface area contributed by atoms with Gasteiger partial charge < -0.3 is 14.2 Å². The minimum Gasteiger partial charge on any atom is -0.378 e. The van der Waals surface area contributed by atoms with Crippen LogP contribution in [0.4, 0.5) is 0 Å². The molecule has 6 nitrogen and oxygen atoms in total. The molecule has 0 aromatic carbocycles. The van der Waals surface area contributed by atoms with E-state index in [1.165, 1.54) is 12.5 Å². The first-order valence-corrected chi connectivity index (χ1v) is 5.57. The first-order chi connectivity index (χ1) is 8.24. The molecule has 0 N–H and O–H groups in total. The van der Waals surface area contributed by atoms with Crippen molar-refractivity contribution < 1.29 is 14.3 Å². The fraction of sp³-hybridized carbons (Fsp3) is 0.545. The molecular weight excluding hydrogens is 222 g/mol. The Morgan fingerprint density at radius 2 is 2.24 bits per heavy atom. The summed E-state index contributed by atoms with van der Waals surface area (Å²) in [6, 6.07) is -0.407. The van der Waals surface area contributed by atoms with Gasteiger partial charge in [0.15, 0.2) is 6.29 Å². The van der Waals surface area contributed by atoms with E-state index in [0.717, 1.165) is 0 Å². The van der Waals surface area contributed by atoms with Gasteiger partial charge in [-0.3, -0.25) is 9.59 Å². The molecule has 17 heavy (non-hydrogen) atoms. The average molecular weight is 237 g/mol. The molecular formula is C11H15N3O3. The molecule has 1 saturated heterocycles. The van der Waals surface area contributed by atoms with Crippen molar-refractivity contribution in [1.82, 2.24) is 14.5 Å². The van der Waals surface area contributed by atoms with Crippen LogP contribution >= 0.6 is 0 Å². The highest BCUT2D eigenvalue weighted by atomic mass is 16.5. The maximum atomic E-state index is 12.2. The molecule has 1 aromatic rings. The van der Waals surface area contributed by atoms with E-state index in [-0.39, 0.29) is 5.91 Å². The van der Waals surface area contributed by atoms with Gasteiger partial charge in [-0.05, 0) is 6.92 Å². The lowest BCUT2D eigenvalue weighted by molar-refractivity contribution is -0.138. The van der Waals surface area contributed by atoms with Crippen molar-refractivity contribution in [3.63, 3.8) is 0 Å². The topological polar surface area (TPSA) is 64.4 Å². The fourth-order valence-electron chi connectivity index (χ4n) is 1.90. The molecule has 0 saturated carbocycles. The Morgan fingerprint density at radius 3 is 2.88 bits per heavy atom. The maximum Gasteiger partial charge on any atom is 0.245 e. The van der Waals surface area contributed by atoms with Gasteiger partial charge in [0.05, 0.1) is 25.7 Å². The number of rotatable bonds is 3. The van der Waals surface area contributed by atoms with E-state index < -0.39 is 6.04 Å². The highest BCUT2D eigenvalue weighted by molar-refractivity contribution is 5.81. The zero-order valence-corrected chi connectivity index (χ0v) is 9.70. The molecule has 1 unspecified atom stereocenters. The molecule has 92 valence electrons. The van der Waals surface area contributed by atoms with Crippen molar-refractivity contribution in [2.24, 2.45) is 0 Å². The number of hydrogen-bond donors (Lipinski definition) is 0. The highest BCUT2D eigenvalue weighted by Crippen LogP contribution is 2.13. The number of nitrogens with zero attached hydrogens (tertiary/aromatic N) is 3. The fourth-order valence-corrected chi connectivity index (χ4v) is 1.90. The Balaban J connectivity index is 2.11. The van der Waals surface area contributed by atoms with Crippen molar-refractivity contribution in [3.8, 4) is 0 Å². The second-order valence-electron chi connectivity index (χ2n) is 3.96. The molecule has 0 bridgehead atoms. The molecule has 1 fully saturated rings. The lowest BCUT2D eigenvalue weighted by Gasteiger charge is -2.29. The standard InChI is InChI=1S/C11H15N3O3/c1-9(14-8-12-6-10(14)7-15)11(16)13-2-4-17-5-3-13/h6-9H,2-5H2,1H3. The van der Waals surface area contributed by atoms with Gasteiger partial charge in [-0.25, -0.2) is 4.98 Å². The Bertz CT molecular complexity index is 410.